The molecule has 92 valence electrons. The Morgan fingerprint density at radius 2 is 2.11 bits per heavy atom. The summed E-state index contributed by atoms with van der Waals surface area (Å²) in [6.07, 6.45) is 1.45. The SMILES string of the molecule is Cc1cc(Br)ccc1NC(=O)c1ccc(Cl)nc1. The fourth-order valence-corrected chi connectivity index (χ4v) is 2.06. The van der Waals surface area contributed by atoms with Gasteiger partial charge >= 0.3 is 0 Å². The van der Waals surface area contributed by atoms with Crippen molar-refractivity contribution >= 4 is 39.1 Å². The maximum Gasteiger partial charge on any atom is 0.257 e. The highest BCUT2D eigenvalue weighted by Gasteiger charge is 2.08. The first-order valence-corrected chi connectivity index (χ1v) is 6.42. The molecule has 1 aromatic heterocycles. The lowest BCUT2D eigenvalue weighted by molar-refractivity contribution is 0.102. The highest BCUT2D eigenvalue weighted by Crippen LogP contribution is 2.20. The number of carbonyl (C=O) groups is 1. The van der Waals surface area contributed by atoms with Crippen molar-refractivity contribution in [2.75, 3.05) is 5.32 Å². The number of hydrogen-bond acceptors (Lipinski definition) is 2. The molecule has 1 amide bonds. The highest BCUT2D eigenvalue weighted by atomic mass is 79.9. The van der Waals surface area contributed by atoms with Crippen molar-refractivity contribution < 1.29 is 4.79 Å². The van der Waals surface area contributed by atoms with Crippen LogP contribution in [0, 0.1) is 6.92 Å². The van der Waals surface area contributed by atoms with Crippen molar-refractivity contribution in [1.29, 1.82) is 0 Å². The van der Waals surface area contributed by atoms with Crippen LogP contribution in [0.4, 0.5) is 5.69 Å². The molecule has 0 saturated carbocycles. The third-order valence-electron chi connectivity index (χ3n) is 2.43. The monoisotopic (exact) mass is 324 g/mol. The van der Waals surface area contributed by atoms with Gasteiger partial charge in [0.2, 0.25) is 0 Å². The van der Waals surface area contributed by atoms with Gasteiger partial charge in [-0.2, -0.15) is 0 Å². The number of nitrogens with zero attached hydrogens (tertiary/aromatic N) is 1. The molecule has 0 bridgehead atoms. The quantitative estimate of drug-likeness (QED) is 0.846. The smallest absolute Gasteiger partial charge is 0.257 e. The normalized spacial score (nSPS) is 10.2. The van der Waals surface area contributed by atoms with Crippen LogP contribution in [0.15, 0.2) is 41.0 Å². The summed E-state index contributed by atoms with van der Waals surface area (Å²) in [6, 6.07) is 8.89. The molecule has 0 saturated heterocycles. The molecule has 1 aromatic carbocycles. The van der Waals surface area contributed by atoms with Crippen molar-refractivity contribution in [3.8, 4) is 0 Å². The van der Waals surface area contributed by atoms with Gasteiger partial charge in [-0.15, -0.1) is 0 Å². The number of halogens is 2. The number of anilines is 1. The fourth-order valence-electron chi connectivity index (χ4n) is 1.47. The topological polar surface area (TPSA) is 42.0 Å². The zero-order valence-electron chi connectivity index (χ0n) is 9.58. The van der Waals surface area contributed by atoms with Crippen LogP contribution in [0.3, 0.4) is 0 Å². The van der Waals surface area contributed by atoms with E-state index in [0.717, 1.165) is 15.7 Å². The molecule has 0 radical (unpaired) electrons. The Balaban J connectivity index is 2.18. The third kappa shape index (κ3) is 3.09. The largest absolute Gasteiger partial charge is 0.322 e. The molecule has 0 unspecified atom stereocenters. The lowest BCUT2D eigenvalue weighted by Gasteiger charge is -2.08. The Labute approximate surface area is 118 Å². The van der Waals surface area contributed by atoms with E-state index in [1.165, 1.54) is 6.20 Å². The first-order chi connectivity index (χ1) is 8.56. The van der Waals surface area contributed by atoms with E-state index in [2.05, 4.69) is 26.2 Å². The van der Waals surface area contributed by atoms with E-state index in [1.807, 2.05) is 25.1 Å². The molecular formula is C13H10BrClN2O. The minimum atomic E-state index is -0.204. The van der Waals surface area contributed by atoms with Crippen molar-refractivity contribution in [3.05, 3.63) is 57.3 Å². The van der Waals surface area contributed by atoms with Gasteiger partial charge in [0.05, 0.1) is 5.56 Å². The molecule has 0 spiro atoms. The zero-order chi connectivity index (χ0) is 13.1. The van der Waals surface area contributed by atoms with Gasteiger partial charge in [0.1, 0.15) is 5.15 Å². The first-order valence-electron chi connectivity index (χ1n) is 5.25. The Morgan fingerprint density at radius 3 is 2.72 bits per heavy atom. The predicted molar refractivity (Wildman–Crippen MR) is 76.1 cm³/mol. The maximum absolute atomic E-state index is 12.0. The molecule has 0 aliphatic rings. The van der Waals surface area contributed by atoms with Crippen LogP contribution in [-0.2, 0) is 0 Å². The van der Waals surface area contributed by atoms with Gasteiger partial charge in [-0.05, 0) is 42.8 Å². The van der Waals surface area contributed by atoms with Crippen LogP contribution >= 0.6 is 27.5 Å². The molecule has 5 heteroatoms. The summed E-state index contributed by atoms with van der Waals surface area (Å²) < 4.78 is 0.978. The Hall–Kier alpha value is -1.39. The Morgan fingerprint density at radius 1 is 1.33 bits per heavy atom. The minimum absolute atomic E-state index is 0.204. The van der Waals surface area contributed by atoms with Gasteiger partial charge < -0.3 is 5.32 Å². The van der Waals surface area contributed by atoms with E-state index in [0.29, 0.717) is 10.7 Å². The highest BCUT2D eigenvalue weighted by molar-refractivity contribution is 9.10. The maximum atomic E-state index is 12.0. The summed E-state index contributed by atoms with van der Waals surface area (Å²) in [7, 11) is 0. The summed E-state index contributed by atoms with van der Waals surface area (Å²) in [5.74, 6) is -0.204. The Kier molecular flexibility index (Phi) is 3.99. The van der Waals surface area contributed by atoms with E-state index in [1.54, 1.807) is 12.1 Å². The van der Waals surface area contributed by atoms with Crippen LogP contribution in [0.25, 0.3) is 0 Å². The minimum Gasteiger partial charge on any atom is -0.322 e. The molecule has 0 aliphatic heterocycles. The molecule has 1 heterocycles. The Bertz CT molecular complexity index is 584. The average molecular weight is 326 g/mol. The molecule has 18 heavy (non-hydrogen) atoms. The van der Waals surface area contributed by atoms with Crippen molar-refractivity contribution in [1.82, 2.24) is 4.98 Å². The van der Waals surface area contributed by atoms with Gasteiger partial charge in [0.15, 0.2) is 0 Å². The van der Waals surface area contributed by atoms with Crippen molar-refractivity contribution in [2.45, 2.75) is 6.92 Å². The van der Waals surface area contributed by atoms with E-state index >= 15 is 0 Å². The lowest BCUT2D eigenvalue weighted by Crippen LogP contribution is -2.12. The molecule has 3 nitrogen and oxygen atoms in total. The molecule has 0 atom stereocenters. The number of carbonyl (C=O) groups excluding carboxylic acids is 1. The number of nitrogens with one attached hydrogen (secondary N) is 1. The average Bonchev–Trinajstić information content (AvgIpc) is 2.33. The van der Waals surface area contributed by atoms with E-state index in [9.17, 15) is 4.79 Å². The number of aromatic nitrogens is 1. The number of pyridine rings is 1. The van der Waals surface area contributed by atoms with Crippen LogP contribution in [0.1, 0.15) is 15.9 Å². The number of benzene rings is 1. The second-order valence-electron chi connectivity index (χ2n) is 3.78. The van der Waals surface area contributed by atoms with E-state index < -0.39 is 0 Å². The van der Waals surface area contributed by atoms with Crippen LogP contribution in [0.5, 0.6) is 0 Å². The van der Waals surface area contributed by atoms with Gasteiger partial charge in [0, 0.05) is 16.4 Å². The second kappa shape index (κ2) is 5.50. The molecule has 0 fully saturated rings. The fraction of sp³-hybridized carbons (Fsp3) is 0.0769. The van der Waals surface area contributed by atoms with Gasteiger partial charge in [-0.25, -0.2) is 4.98 Å². The standard InChI is InChI=1S/C13H10BrClN2O/c1-8-6-10(14)3-4-11(8)17-13(18)9-2-5-12(15)16-7-9/h2-7H,1H3,(H,17,18). The van der Waals surface area contributed by atoms with Gasteiger partial charge in [-0.1, -0.05) is 27.5 Å². The van der Waals surface area contributed by atoms with Crippen LogP contribution in [0.2, 0.25) is 5.15 Å². The van der Waals surface area contributed by atoms with Gasteiger partial charge in [0.25, 0.3) is 5.91 Å². The number of aryl methyl sites for hydroxylation is 1. The summed E-state index contributed by atoms with van der Waals surface area (Å²) in [5, 5.41) is 3.20. The molecule has 1 N–H and O–H groups in total. The summed E-state index contributed by atoms with van der Waals surface area (Å²) in [4.78, 5) is 15.8. The summed E-state index contributed by atoms with van der Waals surface area (Å²) >= 11 is 9.05. The molecule has 0 aliphatic carbocycles. The van der Waals surface area contributed by atoms with E-state index in [-0.39, 0.29) is 5.91 Å². The number of rotatable bonds is 2. The lowest BCUT2D eigenvalue weighted by atomic mass is 10.2. The van der Waals surface area contributed by atoms with Crippen LogP contribution in [-0.4, -0.2) is 10.9 Å². The van der Waals surface area contributed by atoms with Crippen molar-refractivity contribution in [2.24, 2.45) is 0 Å². The molecule has 2 rings (SSSR count). The van der Waals surface area contributed by atoms with Crippen molar-refractivity contribution in [3.63, 3.8) is 0 Å². The number of hydrogen-bond donors (Lipinski definition) is 1. The number of amides is 1. The van der Waals surface area contributed by atoms with Crippen LogP contribution < -0.4 is 5.32 Å². The summed E-state index contributed by atoms with van der Waals surface area (Å²) in [6.45, 7) is 1.93. The molecule has 2 aromatic rings. The summed E-state index contributed by atoms with van der Waals surface area (Å²) in [5.41, 5.74) is 2.24. The van der Waals surface area contributed by atoms with Gasteiger partial charge in [-0.3, -0.25) is 4.79 Å². The first kappa shape index (κ1) is 13.1. The molecular weight excluding hydrogens is 316 g/mol. The predicted octanol–water partition coefficient (Wildman–Crippen LogP) is 4.06. The third-order valence-corrected chi connectivity index (χ3v) is 3.14. The van der Waals surface area contributed by atoms with E-state index in [4.69, 9.17) is 11.6 Å². The second-order valence-corrected chi connectivity index (χ2v) is 5.09. The zero-order valence-corrected chi connectivity index (χ0v) is 11.9.